The molecule has 4 nitrogen and oxygen atoms in total. The first-order chi connectivity index (χ1) is 11.3. The number of rotatable bonds is 5. The SMILES string of the molecule is OCCC1CN(C2CCOCC2)CCN1Cc1ccc(F)cc1. The zero-order chi connectivity index (χ0) is 16.1. The Balaban J connectivity index is 1.61. The van der Waals surface area contributed by atoms with E-state index in [0.29, 0.717) is 12.1 Å². The number of hydrogen-bond donors (Lipinski definition) is 1. The molecule has 23 heavy (non-hydrogen) atoms. The minimum absolute atomic E-state index is 0.190. The van der Waals surface area contributed by atoms with Gasteiger partial charge in [0.1, 0.15) is 5.82 Å². The summed E-state index contributed by atoms with van der Waals surface area (Å²) >= 11 is 0. The molecule has 0 radical (unpaired) electrons. The topological polar surface area (TPSA) is 35.9 Å². The standard InChI is InChI=1S/C18H27FN2O2/c19-16-3-1-15(2-4-16)13-20-8-9-21(14-18(20)5-10-22)17-6-11-23-12-7-17/h1-4,17-18,22H,5-14H2. The monoisotopic (exact) mass is 322 g/mol. The van der Waals surface area contributed by atoms with Gasteiger partial charge in [-0.1, -0.05) is 12.1 Å². The highest BCUT2D eigenvalue weighted by Gasteiger charge is 2.31. The molecule has 2 aliphatic rings. The summed E-state index contributed by atoms with van der Waals surface area (Å²) in [5, 5.41) is 9.42. The first-order valence-electron chi connectivity index (χ1n) is 8.67. The Morgan fingerprint density at radius 1 is 1.13 bits per heavy atom. The van der Waals surface area contributed by atoms with E-state index in [-0.39, 0.29) is 12.4 Å². The van der Waals surface area contributed by atoms with Crippen molar-refractivity contribution in [3.63, 3.8) is 0 Å². The Bertz CT molecular complexity index is 476. The number of benzene rings is 1. The third-order valence-electron chi connectivity index (χ3n) is 5.10. The van der Waals surface area contributed by atoms with Gasteiger partial charge >= 0.3 is 0 Å². The Labute approximate surface area is 137 Å². The number of hydrogen-bond acceptors (Lipinski definition) is 4. The fraction of sp³-hybridized carbons (Fsp3) is 0.667. The van der Waals surface area contributed by atoms with Crippen LogP contribution in [0, 0.1) is 5.82 Å². The molecular weight excluding hydrogens is 295 g/mol. The van der Waals surface area contributed by atoms with E-state index < -0.39 is 0 Å². The van der Waals surface area contributed by atoms with Gasteiger partial charge in [0.25, 0.3) is 0 Å². The third-order valence-corrected chi connectivity index (χ3v) is 5.10. The van der Waals surface area contributed by atoms with Crippen molar-refractivity contribution in [2.75, 3.05) is 39.5 Å². The van der Waals surface area contributed by atoms with Gasteiger partial charge in [0, 0.05) is 58.1 Å². The predicted molar refractivity (Wildman–Crippen MR) is 87.7 cm³/mol. The molecule has 2 aliphatic heterocycles. The average molecular weight is 322 g/mol. The lowest BCUT2D eigenvalue weighted by Crippen LogP contribution is -2.56. The first kappa shape index (κ1) is 16.8. The number of ether oxygens (including phenoxy) is 1. The van der Waals surface area contributed by atoms with E-state index in [1.807, 2.05) is 12.1 Å². The largest absolute Gasteiger partial charge is 0.396 e. The van der Waals surface area contributed by atoms with Crippen molar-refractivity contribution < 1.29 is 14.2 Å². The highest BCUT2D eigenvalue weighted by atomic mass is 19.1. The number of aliphatic hydroxyl groups is 1. The van der Waals surface area contributed by atoms with Gasteiger partial charge in [-0.15, -0.1) is 0 Å². The minimum Gasteiger partial charge on any atom is -0.396 e. The lowest BCUT2D eigenvalue weighted by atomic mass is 10.0. The van der Waals surface area contributed by atoms with E-state index in [2.05, 4.69) is 9.80 Å². The van der Waals surface area contributed by atoms with Crippen LogP contribution in [0.4, 0.5) is 4.39 Å². The average Bonchev–Trinajstić information content (AvgIpc) is 2.59. The molecule has 1 atom stereocenters. The normalized spacial score (nSPS) is 24.9. The van der Waals surface area contributed by atoms with Crippen molar-refractivity contribution in [1.29, 1.82) is 0 Å². The van der Waals surface area contributed by atoms with Gasteiger partial charge in [-0.2, -0.15) is 0 Å². The van der Waals surface area contributed by atoms with Gasteiger partial charge < -0.3 is 9.84 Å². The third kappa shape index (κ3) is 4.51. The second-order valence-corrected chi connectivity index (χ2v) is 6.60. The van der Waals surface area contributed by atoms with Crippen molar-refractivity contribution in [1.82, 2.24) is 9.80 Å². The lowest BCUT2D eigenvalue weighted by Gasteiger charge is -2.45. The zero-order valence-corrected chi connectivity index (χ0v) is 13.7. The highest BCUT2D eigenvalue weighted by molar-refractivity contribution is 5.16. The summed E-state index contributed by atoms with van der Waals surface area (Å²) in [6.45, 7) is 5.84. The number of aliphatic hydroxyl groups excluding tert-OH is 1. The van der Waals surface area contributed by atoms with E-state index in [1.165, 1.54) is 12.1 Å². The molecule has 0 aromatic heterocycles. The Kier molecular flexibility index (Phi) is 6.00. The maximum absolute atomic E-state index is 13.1. The summed E-state index contributed by atoms with van der Waals surface area (Å²) in [6, 6.07) is 7.75. The Morgan fingerprint density at radius 3 is 2.57 bits per heavy atom. The molecule has 0 spiro atoms. The summed E-state index contributed by atoms with van der Waals surface area (Å²) in [5.41, 5.74) is 1.13. The fourth-order valence-corrected chi connectivity index (χ4v) is 3.75. The Morgan fingerprint density at radius 2 is 1.87 bits per heavy atom. The van der Waals surface area contributed by atoms with E-state index in [4.69, 9.17) is 4.74 Å². The molecule has 5 heteroatoms. The van der Waals surface area contributed by atoms with E-state index >= 15 is 0 Å². The van der Waals surface area contributed by atoms with Crippen LogP contribution in [0.25, 0.3) is 0 Å². The van der Waals surface area contributed by atoms with Gasteiger partial charge in [-0.05, 0) is 37.0 Å². The molecule has 0 saturated carbocycles. The van der Waals surface area contributed by atoms with Crippen LogP contribution in [0.1, 0.15) is 24.8 Å². The van der Waals surface area contributed by atoms with Crippen LogP contribution in [0.15, 0.2) is 24.3 Å². The Hall–Kier alpha value is -1.01. The van der Waals surface area contributed by atoms with Crippen LogP contribution >= 0.6 is 0 Å². The van der Waals surface area contributed by atoms with E-state index in [9.17, 15) is 9.50 Å². The molecule has 2 heterocycles. The molecule has 0 amide bonds. The quantitative estimate of drug-likeness (QED) is 0.898. The smallest absolute Gasteiger partial charge is 0.123 e. The molecule has 3 rings (SSSR count). The number of nitrogens with zero attached hydrogens (tertiary/aromatic N) is 2. The molecule has 0 aliphatic carbocycles. The number of halogens is 1. The van der Waals surface area contributed by atoms with Gasteiger partial charge in [0.2, 0.25) is 0 Å². The molecule has 0 bridgehead atoms. The molecule has 128 valence electrons. The van der Waals surface area contributed by atoms with Crippen LogP contribution in [0.3, 0.4) is 0 Å². The van der Waals surface area contributed by atoms with Crippen molar-refractivity contribution >= 4 is 0 Å². The van der Waals surface area contributed by atoms with E-state index in [0.717, 1.165) is 64.2 Å². The minimum atomic E-state index is -0.190. The van der Waals surface area contributed by atoms with Crippen LogP contribution in [-0.4, -0.2) is 66.4 Å². The highest BCUT2D eigenvalue weighted by Crippen LogP contribution is 2.22. The van der Waals surface area contributed by atoms with Crippen LogP contribution < -0.4 is 0 Å². The number of piperazine rings is 1. The summed E-state index contributed by atoms with van der Waals surface area (Å²) in [6.07, 6.45) is 3.02. The van der Waals surface area contributed by atoms with Gasteiger partial charge in [0.05, 0.1) is 0 Å². The van der Waals surface area contributed by atoms with Crippen molar-refractivity contribution in [2.45, 2.75) is 37.9 Å². The van der Waals surface area contributed by atoms with Gasteiger partial charge in [-0.25, -0.2) is 4.39 Å². The molecule has 1 unspecified atom stereocenters. The second kappa shape index (κ2) is 8.20. The molecule has 1 N–H and O–H groups in total. The van der Waals surface area contributed by atoms with Crippen LogP contribution in [0.2, 0.25) is 0 Å². The predicted octanol–water partition coefficient (Wildman–Crippen LogP) is 1.87. The summed E-state index contributed by atoms with van der Waals surface area (Å²) in [4.78, 5) is 5.00. The molecular formula is C18H27FN2O2. The summed E-state index contributed by atoms with van der Waals surface area (Å²) in [5.74, 6) is -0.190. The van der Waals surface area contributed by atoms with Crippen LogP contribution in [-0.2, 0) is 11.3 Å². The summed E-state index contributed by atoms with van der Waals surface area (Å²) < 4.78 is 18.5. The van der Waals surface area contributed by atoms with Crippen LogP contribution in [0.5, 0.6) is 0 Å². The molecule has 2 fully saturated rings. The van der Waals surface area contributed by atoms with Crippen molar-refractivity contribution in [2.24, 2.45) is 0 Å². The van der Waals surface area contributed by atoms with E-state index in [1.54, 1.807) is 0 Å². The van der Waals surface area contributed by atoms with Crippen molar-refractivity contribution in [3.05, 3.63) is 35.6 Å². The maximum Gasteiger partial charge on any atom is 0.123 e. The zero-order valence-electron chi connectivity index (χ0n) is 13.7. The first-order valence-corrected chi connectivity index (χ1v) is 8.67. The van der Waals surface area contributed by atoms with Crippen molar-refractivity contribution in [3.8, 4) is 0 Å². The maximum atomic E-state index is 13.1. The lowest BCUT2D eigenvalue weighted by molar-refractivity contribution is -0.0116. The second-order valence-electron chi connectivity index (χ2n) is 6.60. The van der Waals surface area contributed by atoms with Gasteiger partial charge in [-0.3, -0.25) is 9.80 Å². The molecule has 1 aromatic rings. The summed E-state index contributed by atoms with van der Waals surface area (Å²) in [7, 11) is 0. The fourth-order valence-electron chi connectivity index (χ4n) is 3.75. The van der Waals surface area contributed by atoms with Gasteiger partial charge in [0.15, 0.2) is 0 Å². The molecule has 2 saturated heterocycles. The molecule has 1 aromatic carbocycles.